The highest BCUT2D eigenvalue weighted by Crippen LogP contribution is 2.48. The van der Waals surface area contributed by atoms with Gasteiger partial charge in [-0.3, -0.25) is 0 Å². The summed E-state index contributed by atoms with van der Waals surface area (Å²) in [6.07, 6.45) is -23.5. The summed E-state index contributed by atoms with van der Waals surface area (Å²) in [4.78, 5) is 12.6. The molecule has 0 saturated carbocycles. The molecule has 0 aromatic heterocycles. The fourth-order valence-electron chi connectivity index (χ4n) is 7.57. The molecule has 3 aromatic carbocycles. The average molecular weight is 952 g/mol. The van der Waals surface area contributed by atoms with Crippen LogP contribution in [-0.2, 0) is 33.2 Å². The number of carbonyl (C=O) groups is 1. The first kappa shape index (κ1) is 49.2. The molecule has 16 unspecified atom stereocenters. The summed E-state index contributed by atoms with van der Waals surface area (Å²) in [5.41, 5.74) is 0.356. The molecule has 0 aliphatic carbocycles. The number of hydrogen-bond donors (Lipinski definition) is 14. The Morgan fingerprint density at radius 3 is 1.90 bits per heavy atom. The third-order valence-electron chi connectivity index (χ3n) is 11.4. The fourth-order valence-corrected chi connectivity index (χ4v) is 7.57. The van der Waals surface area contributed by atoms with Gasteiger partial charge in [-0.25, -0.2) is 4.79 Å². The maximum absolute atomic E-state index is 12.6. The SMILES string of the molecule is COc1cc(C=CC(=O)OCC2OC(Oc3cc(O)cc4c3C=C(OC3OC(COC5OC(C)C(O)C(O)C5O)C(O)C(O)C3O)C(c3cc(O)c(O)c(O)c3)[OH+]4)C(O)C(O)C2O)ccc1O. The van der Waals surface area contributed by atoms with Crippen molar-refractivity contribution in [2.75, 3.05) is 20.3 Å². The average Bonchev–Trinajstić information content (AvgIpc) is 3.30. The number of rotatable bonds is 13. The monoisotopic (exact) mass is 951 g/mol. The molecule has 3 saturated heterocycles. The second kappa shape index (κ2) is 20.3. The van der Waals surface area contributed by atoms with E-state index >= 15 is 0 Å². The second-order valence-electron chi connectivity index (χ2n) is 16.0. The predicted octanol–water partition coefficient (Wildman–Crippen LogP) is -2.33. The molecule has 24 nitrogen and oxygen atoms in total. The summed E-state index contributed by atoms with van der Waals surface area (Å²) in [6, 6.07) is 8.51. The van der Waals surface area contributed by atoms with Crippen molar-refractivity contribution in [1.82, 2.24) is 0 Å². The lowest BCUT2D eigenvalue weighted by atomic mass is 9.98. The first-order valence-corrected chi connectivity index (χ1v) is 20.6. The Morgan fingerprint density at radius 1 is 0.657 bits per heavy atom. The van der Waals surface area contributed by atoms with Crippen LogP contribution in [-0.4, -0.2) is 195 Å². The van der Waals surface area contributed by atoms with Crippen LogP contribution in [0.3, 0.4) is 0 Å². The van der Waals surface area contributed by atoms with E-state index in [0.29, 0.717) is 5.56 Å². The molecular weight excluding hydrogens is 900 g/mol. The van der Waals surface area contributed by atoms with Crippen molar-refractivity contribution in [3.8, 4) is 46.0 Å². The highest BCUT2D eigenvalue weighted by Gasteiger charge is 2.50. The molecule has 4 aliphatic heterocycles. The van der Waals surface area contributed by atoms with E-state index in [1.54, 1.807) is 0 Å². The predicted molar refractivity (Wildman–Crippen MR) is 220 cm³/mol. The molecule has 67 heavy (non-hydrogen) atoms. The summed E-state index contributed by atoms with van der Waals surface area (Å²) < 4.78 is 49.5. The molecule has 24 heteroatoms. The maximum Gasteiger partial charge on any atom is 0.330 e. The highest BCUT2D eigenvalue weighted by atomic mass is 16.7. The van der Waals surface area contributed by atoms with Gasteiger partial charge >= 0.3 is 5.97 Å². The summed E-state index contributed by atoms with van der Waals surface area (Å²) in [5.74, 6) is -4.53. The maximum atomic E-state index is 12.6. The fraction of sp³-hybridized carbons (Fsp3) is 0.465. The van der Waals surface area contributed by atoms with Crippen LogP contribution in [0, 0.1) is 0 Å². The molecule has 3 aromatic rings. The van der Waals surface area contributed by atoms with Gasteiger partial charge < -0.3 is 114 Å². The van der Waals surface area contributed by atoms with Crippen LogP contribution >= 0.6 is 0 Å². The van der Waals surface area contributed by atoms with Gasteiger partial charge in [-0.05, 0) is 42.8 Å². The van der Waals surface area contributed by atoms with E-state index in [1.807, 2.05) is 0 Å². The zero-order valence-corrected chi connectivity index (χ0v) is 35.3. The van der Waals surface area contributed by atoms with E-state index < -0.39 is 140 Å². The number of esters is 1. The molecule has 4 heterocycles. The minimum Gasteiger partial charge on any atom is -0.571 e. The molecule has 7 rings (SSSR count). The van der Waals surface area contributed by atoms with E-state index in [9.17, 15) is 76.3 Å². The number of methoxy groups -OCH3 is 1. The molecule has 0 bridgehead atoms. The highest BCUT2D eigenvalue weighted by molar-refractivity contribution is 5.87. The van der Waals surface area contributed by atoms with Crippen molar-refractivity contribution in [1.29, 1.82) is 0 Å². The Hall–Kier alpha value is -5.71. The second-order valence-corrected chi connectivity index (χ2v) is 16.0. The lowest BCUT2D eigenvalue weighted by molar-refractivity contribution is -0.325. The lowest BCUT2D eigenvalue weighted by Crippen LogP contribution is -2.61. The van der Waals surface area contributed by atoms with Crippen LogP contribution in [0.15, 0.2) is 54.3 Å². The Morgan fingerprint density at radius 2 is 1.25 bits per heavy atom. The van der Waals surface area contributed by atoms with Gasteiger partial charge in [0.05, 0.1) is 31.5 Å². The van der Waals surface area contributed by atoms with E-state index in [0.717, 1.165) is 30.3 Å². The molecular formula is C43H51O24+. The first-order valence-electron chi connectivity index (χ1n) is 20.6. The van der Waals surface area contributed by atoms with E-state index in [-0.39, 0.29) is 39.9 Å². The number of carbonyl (C=O) groups excluding carboxylic acids is 1. The Kier molecular flexibility index (Phi) is 14.9. The van der Waals surface area contributed by atoms with Crippen LogP contribution < -0.4 is 9.47 Å². The molecule has 0 spiro atoms. The number of ether oxygens (including phenoxy) is 9. The lowest BCUT2D eigenvalue weighted by Gasteiger charge is -2.42. The first-order chi connectivity index (χ1) is 31.8. The van der Waals surface area contributed by atoms with E-state index in [4.69, 9.17) is 37.9 Å². The van der Waals surface area contributed by atoms with E-state index in [1.165, 1.54) is 44.4 Å². The van der Waals surface area contributed by atoms with Gasteiger partial charge in [0.2, 0.25) is 12.6 Å². The Balaban J connectivity index is 1.14. The number of hydrogen-bond acceptors (Lipinski definition) is 23. The van der Waals surface area contributed by atoms with Crippen LogP contribution in [0.25, 0.3) is 12.2 Å². The minimum absolute atomic E-state index is 0.0456. The van der Waals surface area contributed by atoms with Gasteiger partial charge in [0, 0.05) is 18.2 Å². The molecule has 366 valence electrons. The van der Waals surface area contributed by atoms with Crippen LogP contribution in [0.4, 0.5) is 0 Å². The molecule has 4 aliphatic rings. The third kappa shape index (κ3) is 10.4. The topological polar surface area (TPSA) is 387 Å². The largest absolute Gasteiger partial charge is 0.571 e. The quantitative estimate of drug-likeness (QED) is 0.0370. The molecule has 0 radical (unpaired) electrons. The summed E-state index contributed by atoms with van der Waals surface area (Å²) in [6.45, 7) is 0.0934. The van der Waals surface area contributed by atoms with Gasteiger partial charge in [-0.1, -0.05) is 6.07 Å². The number of fused-ring (bicyclic) bond motifs is 1. The van der Waals surface area contributed by atoms with Crippen molar-refractivity contribution in [2.45, 2.75) is 105 Å². The number of phenolic OH excluding ortho intramolecular Hbond substituents is 5. The Labute approximate surface area is 379 Å². The van der Waals surface area contributed by atoms with Gasteiger partial charge in [-0.15, -0.1) is 0 Å². The number of phenols is 5. The summed E-state index contributed by atoms with van der Waals surface area (Å²) in [7, 11) is 1.34. The van der Waals surface area contributed by atoms with Gasteiger partial charge in [0.1, 0.15) is 90.8 Å². The molecule has 3 fully saturated rings. The van der Waals surface area contributed by atoms with Crippen molar-refractivity contribution in [2.24, 2.45) is 0 Å². The van der Waals surface area contributed by atoms with Crippen molar-refractivity contribution in [3.05, 3.63) is 71.0 Å². The minimum atomic E-state index is -2.00. The van der Waals surface area contributed by atoms with Crippen LogP contribution in [0.5, 0.6) is 46.0 Å². The number of aromatic hydroxyl groups is 6. The summed E-state index contributed by atoms with van der Waals surface area (Å²) >= 11 is 0. The third-order valence-corrected chi connectivity index (χ3v) is 11.4. The Bertz CT molecular complexity index is 2280. The van der Waals surface area contributed by atoms with E-state index in [2.05, 4.69) is 4.74 Å². The molecule has 16 atom stereocenters. The standard InChI is InChI=1S/C43H50O24/c1-15-30(49)34(53)37(56)41(62-15)61-14-28-33(52)36(55)39(58)43(67-28)65-26-12-19-23(63-40(26)17-8-21(46)31(50)22(47)9-17)10-18(44)11-24(19)64-42-38(57)35(54)32(51)27(66-42)13-60-29(48)6-4-16-3-5-20(45)25(7-16)59-2/h3-12,15,27-28,30,32-47,49-58H,13-14H2,1-2H3/p+1. The smallest absolute Gasteiger partial charge is 0.330 e. The molecule has 15 N–H and O–H groups in total. The molecule has 0 amide bonds. The van der Waals surface area contributed by atoms with Gasteiger partial charge in [0.15, 0.2) is 40.8 Å². The van der Waals surface area contributed by atoms with Crippen LogP contribution in [0.2, 0.25) is 0 Å². The zero-order valence-electron chi connectivity index (χ0n) is 35.3. The van der Waals surface area contributed by atoms with Crippen molar-refractivity contribution >= 4 is 18.1 Å². The van der Waals surface area contributed by atoms with Gasteiger partial charge in [0.25, 0.3) is 11.9 Å². The van der Waals surface area contributed by atoms with Crippen LogP contribution in [0.1, 0.15) is 29.7 Å². The number of aliphatic hydroxyl groups excluding tert-OH is 9. The number of aliphatic hydroxyl groups is 10. The zero-order chi connectivity index (χ0) is 48.6. The van der Waals surface area contributed by atoms with Gasteiger partial charge in [-0.2, -0.15) is 0 Å². The van der Waals surface area contributed by atoms with Crippen molar-refractivity contribution < 1.29 is 119 Å². The number of benzene rings is 3. The summed E-state index contributed by atoms with van der Waals surface area (Å²) in [5, 5.41) is 148. The van der Waals surface area contributed by atoms with Crippen molar-refractivity contribution in [3.63, 3.8) is 0 Å². The normalized spacial score (nSPS) is 34.1.